The van der Waals surface area contributed by atoms with Gasteiger partial charge in [0.05, 0.1) is 5.57 Å². The lowest BCUT2D eigenvalue weighted by molar-refractivity contribution is -0.274. The smallest absolute Gasteiger partial charge is 0.406 e. The summed E-state index contributed by atoms with van der Waals surface area (Å²) in [6.45, 7) is 4.95. The van der Waals surface area contributed by atoms with Crippen molar-refractivity contribution in [1.82, 2.24) is 9.80 Å². The van der Waals surface area contributed by atoms with E-state index < -0.39 is 6.36 Å². The summed E-state index contributed by atoms with van der Waals surface area (Å²) < 4.78 is 42.0. The summed E-state index contributed by atoms with van der Waals surface area (Å²) in [6.07, 6.45) is -4.79. The van der Waals surface area contributed by atoms with E-state index in [2.05, 4.69) is 21.6 Å². The zero-order valence-electron chi connectivity index (χ0n) is 18.1. The Bertz CT molecular complexity index is 1240. The molecule has 0 N–H and O–H groups in total. The molecule has 170 valence electrons. The molecule has 6 nitrogen and oxygen atoms in total. The molecule has 33 heavy (non-hydrogen) atoms. The van der Waals surface area contributed by atoms with Gasteiger partial charge in [-0.2, -0.15) is 0 Å². The number of ether oxygens (including phenoxy) is 1. The minimum absolute atomic E-state index is 0.226. The lowest BCUT2D eigenvalue weighted by atomic mass is 9.82. The fourth-order valence-corrected chi connectivity index (χ4v) is 4.33. The van der Waals surface area contributed by atoms with Gasteiger partial charge < -0.3 is 14.5 Å². The quantitative estimate of drug-likeness (QED) is 0.691. The summed E-state index contributed by atoms with van der Waals surface area (Å²) in [6, 6.07) is 11.2. The zero-order valence-corrected chi connectivity index (χ0v) is 18.1. The number of carbonyl (C=O) groups is 1. The molecule has 5 rings (SSSR count). The highest BCUT2D eigenvalue weighted by atomic mass is 19.4. The predicted octanol–water partition coefficient (Wildman–Crippen LogP) is 3.91. The van der Waals surface area contributed by atoms with Crippen LogP contribution < -0.4 is 4.74 Å². The SMILES string of the molecule is Cc1cc(OC(F)(F)F)ccc1C1=C2N=C(N3CCN(C)CC3)N=C2c2ccccc2C1=O. The maximum Gasteiger partial charge on any atom is 0.573 e. The lowest BCUT2D eigenvalue weighted by Gasteiger charge is -2.32. The summed E-state index contributed by atoms with van der Waals surface area (Å²) in [5, 5.41) is 0. The van der Waals surface area contributed by atoms with Gasteiger partial charge in [0.1, 0.15) is 17.2 Å². The molecule has 1 fully saturated rings. The van der Waals surface area contributed by atoms with Gasteiger partial charge >= 0.3 is 6.36 Å². The third-order valence-corrected chi connectivity index (χ3v) is 6.03. The number of aliphatic imine (C=N–C) groups is 2. The van der Waals surface area contributed by atoms with Crippen LogP contribution in [0.3, 0.4) is 0 Å². The van der Waals surface area contributed by atoms with E-state index in [1.165, 1.54) is 18.2 Å². The molecule has 0 aromatic heterocycles. The lowest BCUT2D eigenvalue weighted by Crippen LogP contribution is -2.46. The van der Waals surface area contributed by atoms with E-state index in [0.717, 1.165) is 26.2 Å². The Balaban J connectivity index is 1.62. The van der Waals surface area contributed by atoms with Crippen molar-refractivity contribution in [1.29, 1.82) is 0 Å². The first-order chi connectivity index (χ1) is 15.7. The Morgan fingerprint density at radius 3 is 2.30 bits per heavy atom. The number of hydrogen-bond acceptors (Lipinski definition) is 6. The molecule has 2 aromatic carbocycles. The number of benzene rings is 2. The van der Waals surface area contributed by atoms with E-state index in [1.807, 2.05) is 12.1 Å². The van der Waals surface area contributed by atoms with Gasteiger partial charge in [0.2, 0.25) is 5.96 Å². The molecular weight excluding hydrogens is 433 g/mol. The molecule has 0 radical (unpaired) electrons. The highest BCUT2D eigenvalue weighted by molar-refractivity contribution is 6.43. The van der Waals surface area contributed by atoms with Crippen molar-refractivity contribution in [3.8, 4) is 5.75 Å². The Morgan fingerprint density at radius 1 is 0.939 bits per heavy atom. The summed E-state index contributed by atoms with van der Waals surface area (Å²) in [5.41, 5.74) is 3.62. The van der Waals surface area contributed by atoms with Gasteiger partial charge in [0, 0.05) is 37.3 Å². The number of halogens is 3. The number of allylic oxidation sites excluding steroid dienone is 2. The molecule has 2 aliphatic heterocycles. The van der Waals surface area contributed by atoms with Crippen LogP contribution >= 0.6 is 0 Å². The van der Waals surface area contributed by atoms with Crippen LogP contribution in [-0.4, -0.2) is 66.8 Å². The molecule has 2 aromatic rings. The van der Waals surface area contributed by atoms with Crippen LogP contribution in [0.25, 0.3) is 5.57 Å². The van der Waals surface area contributed by atoms with Gasteiger partial charge in [-0.05, 0) is 37.2 Å². The fraction of sp³-hybridized carbons (Fsp3) is 0.292. The second-order valence-electron chi connectivity index (χ2n) is 8.29. The minimum atomic E-state index is -4.79. The van der Waals surface area contributed by atoms with E-state index in [-0.39, 0.29) is 11.5 Å². The van der Waals surface area contributed by atoms with Crippen molar-refractivity contribution in [2.75, 3.05) is 33.2 Å². The molecule has 1 aliphatic carbocycles. The van der Waals surface area contributed by atoms with Crippen LogP contribution in [0.5, 0.6) is 5.75 Å². The molecule has 0 bridgehead atoms. The summed E-state index contributed by atoms with van der Waals surface area (Å²) in [7, 11) is 2.06. The van der Waals surface area contributed by atoms with Gasteiger partial charge in [0.25, 0.3) is 0 Å². The number of ketones is 1. The number of guanidine groups is 1. The van der Waals surface area contributed by atoms with Gasteiger partial charge in [0.15, 0.2) is 5.78 Å². The minimum Gasteiger partial charge on any atom is -0.406 e. The number of rotatable bonds is 2. The van der Waals surface area contributed by atoms with Crippen LogP contribution in [0.15, 0.2) is 58.1 Å². The fourth-order valence-electron chi connectivity index (χ4n) is 4.33. The van der Waals surface area contributed by atoms with Gasteiger partial charge in [-0.3, -0.25) is 4.79 Å². The molecule has 0 atom stereocenters. The molecule has 0 spiro atoms. The molecule has 3 aliphatic rings. The number of alkyl halides is 3. The van der Waals surface area contributed by atoms with Crippen LogP contribution in [0.2, 0.25) is 0 Å². The number of aryl methyl sites for hydroxylation is 1. The highest BCUT2D eigenvalue weighted by Crippen LogP contribution is 2.38. The van der Waals surface area contributed by atoms with Crippen LogP contribution in [0.4, 0.5) is 13.2 Å². The van der Waals surface area contributed by atoms with E-state index in [9.17, 15) is 18.0 Å². The van der Waals surface area contributed by atoms with Crippen molar-refractivity contribution in [2.24, 2.45) is 9.98 Å². The van der Waals surface area contributed by atoms with Gasteiger partial charge in [-0.1, -0.05) is 30.3 Å². The molecule has 0 unspecified atom stereocenters. The van der Waals surface area contributed by atoms with Gasteiger partial charge in [-0.15, -0.1) is 13.2 Å². The summed E-state index contributed by atoms with van der Waals surface area (Å²) in [4.78, 5) is 27.4. The van der Waals surface area contributed by atoms with Crippen LogP contribution in [0, 0.1) is 6.92 Å². The van der Waals surface area contributed by atoms with Crippen molar-refractivity contribution in [2.45, 2.75) is 13.3 Å². The normalized spacial score (nSPS) is 18.7. The first-order valence-corrected chi connectivity index (χ1v) is 10.6. The third-order valence-electron chi connectivity index (χ3n) is 6.03. The Labute approximate surface area is 188 Å². The van der Waals surface area contributed by atoms with E-state index in [4.69, 9.17) is 9.98 Å². The molecular formula is C24H21F3N4O2. The number of nitrogens with zero attached hydrogens (tertiary/aromatic N) is 4. The molecule has 9 heteroatoms. The number of fused-ring (bicyclic) bond motifs is 3. The molecule has 1 saturated heterocycles. The zero-order chi connectivity index (χ0) is 23.3. The van der Waals surface area contributed by atoms with Gasteiger partial charge in [-0.25, -0.2) is 9.98 Å². The average Bonchev–Trinajstić information content (AvgIpc) is 3.20. The topological polar surface area (TPSA) is 57.5 Å². The average molecular weight is 454 g/mol. The monoisotopic (exact) mass is 454 g/mol. The second-order valence-corrected chi connectivity index (χ2v) is 8.29. The largest absolute Gasteiger partial charge is 0.573 e. The maximum atomic E-state index is 13.5. The Hall–Kier alpha value is -3.46. The molecule has 2 heterocycles. The Morgan fingerprint density at radius 2 is 1.64 bits per heavy atom. The maximum absolute atomic E-state index is 13.5. The third kappa shape index (κ3) is 3.93. The van der Waals surface area contributed by atoms with Crippen molar-refractivity contribution < 1.29 is 22.7 Å². The second kappa shape index (κ2) is 7.84. The first-order valence-electron chi connectivity index (χ1n) is 10.6. The van der Waals surface area contributed by atoms with E-state index in [1.54, 1.807) is 19.1 Å². The van der Waals surface area contributed by atoms with E-state index >= 15 is 0 Å². The van der Waals surface area contributed by atoms with Crippen LogP contribution in [0.1, 0.15) is 27.0 Å². The Kier molecular flexibility index (Phi) is 5.08. The first kappa shape index (κ1) is 21.4. The number of carbonyl (C=O) groups excluding carboxylic acids is 1. The number of hydrogen-bond donors (Lipinski definition) is 0. The van der Waals surface area contributed by atoms with Crippen molar-refractivity contribution in [3.05, 3.63) is 70.4 Å². The van der Waals surface area contributed by atoms with E-state index in [0.29, 0.717) is 45.2 Å². The van der Waals surface area contributed by atoms with Crippen LogP contribution in [-0.2, 0) is 0 Å². The highest BCUT2D eigenvalue weighted by Gasteiger charge is 2.37. The summed E-state index contributed by atoms with van der Waals surface area (Å²) in [5.74, 6) is 0.000228. The number of piperazine rings is 1. The van der Waals surface area contributed by atoms with Crippen molar-refractivity contribution >= 4 is 23.0 Å². The van der Waals surface area contributed by atoms with Crippen molar-refractivity contribution in [3.63, 3.8) is 0 Å². The summed E-state index contributed by atoms with van der Waals surface area (Å²) >= 11 is 0. The number of likely N-dealkylation sites (N-methyl/N-ethyl adjacent to an activating group) is 1. The standard InChI is InChI=1S/C24H21F3N4O2/c1-14-13-15(33-24(25,26)27)7-8-16(14)19-21-20(17-5-3-4-6-18(17)22(19)32)28-23(29-21)31-11-9-30(2)10-12-31/h3-8,13H,9-12H2,1-2H3. The predicted molar refractivity (Wildman–Crippen MR) is 119 cm³/mol. The molecule has 0 amide bonds. The molecule has 0 saturated carbocycles. The number of Topliss-reactive ketones (excluding diaryl/α,β-unsaturated/α-hetero) is 1.